The Balaban J connectivity index is 0.000000250. The third kappa shape index (κ3) is 4.70. The molecular formula is C13H18ClNO4. The Hall–Kier alpha value is -1.30. The topological polar surface area (TPSA) is 75.2 Å². The fourth-order valence-electron chi connectivity index (χ4n) is 1.63. The van der Waals surface area contributed by atoms with Crippen molar-refractivity contribution in [3.05, 3.63) is 28.3 Å². The number of quaternary nitrogens is 1. The first-order valence-corrected chi connectivity index (χ1v) is 6.39. The first-order chi connectivity index (χ1) is 9.07. The minimum atomic E-state index is -1.28. The number of morpholine rings is 1. The number of methoxy groups -OCH3 is 1. The smallest absolute Gasteiger partial charge is 0.123 e. The van der Waals surface area contributed by atoms with E-state index in [1.54, 1.807) is 13.0 Å². The monoisotopic (exact) mass is 287 g/mol. The maximum atomic E-state index is 10.5. The van der Waals surface area contributed by atoms with Crippen LogP contribution in [0.5, 0.6) is 5.75 Å². The van der Waals surface area contributed by atoms with Crippen molar-refractivity contribution in [1.29, 1.82) is 0 Å². The number of carboxylic acids is 1. The number of benzene rings is 1. The predicted octanol–water partition coefficient (Wildman–Crippen LogP) is -0.399. The number of halogens is 1. The number of hydrogen-bond acceptors (Lipinski definition) is 4. The van der Waals surface area contributed by atoms with Gasteiger partial charge < -0.3 is 24.7 Å². The largest absolute Gasteiger partial charge is 0.545 e. The maximum absolute atomic E-state index is 10.5. The molecule has 0 atom stereocenters. The van der Waals surface area contributed by atoms with Crippen molar-refractivity contribution in [3.63, 3.8) is 0 Å². The van der Waals surface area contributed by atoms with Gasteiger partial charge in [-0.3, -0.25) is 0 Å². The zero-order valence-electron chi connectivity index (χ0n) is 11.1. The molecule has 1 aliphatic heterocycles. The van der Waals surface area contributed by atoms with E-state index in [1.165, 1.54) is 13.2 Å². The molecule has 1 aromatic rings. The molecule has 0 aromatic heterocycles. The zero-order chi connectivity index (χ0) is 14.3. The number of ether oxygens (including phenoxy) is 2. The molecule has 0 saturated carbocycles. The van der Waals surface area contributed by atoms with Gasteiger partial charge in [0.2, 0.25) is 0 Å². The summed E-state index contributed by atoms with van der Waals surface area (Å²) in [4.78, 5) is 10.5. The number of rotatable bonds is 2. The summed E-state index contributed by atoms with van der Waals surface area (Å²) in [5, 5.41) is 13.0. The Morgan fingerprint density at radius 1 is 1.42 bits per heavy atom. The van der Waals surface area contributed by atoms with E-state index < -0.39 is 5.97 Å². The van der Waals surface area contributed by atoms with Gasteiger partial charge in [0.25, 0.3) is 0 Å². The second kappa shape index (κ2) is 7.99. The fraction of sp³-hybridized carbons (Fsp3) is 0.462. The van der Waals surface area contributed by atoms with E-state index in [-0.39, 0.29) is 10.6 Å². The van der Waals surface area contributed by atoms with E-state index >= 15 is 0 Å². The molecule has 0 spiro atoms. The first-order valence-electron chi connectivity index (χ1n) is 6.01. The second-order valence-electron chi connectivity index (χ2n) is 4.02. The van der Waals surface area contributed by atoms with Crippen LogP contribution >= 0.6 is 11.6 Å². The van der Waals surface area contributed by atoms with E-state index in [1.807, 2.05) is 0 Å². The fourth-order valence-corrected chi connectivity index (χ4v) is 1.86. The van der Waals surface area contributed by atoms with Gasteiger partial charge in [-0.2, -0.15) is 0 Å². The lowest BCUT2D eigenvalue weighted by Gasteiger charge is -2.10. The second-order valence-corrected chi connectivity index (χ2v) is 4.40. The molecule has 1 heterocycles. The van der Waals surface area contributed by atoms with Crippen LogP contribution < -0.4 is 15.2 Å². The molecule has 0 radical (unpaired) electrons. The van der Waals surface area contributed by atoms with Crippen molar-refractivity contribution in [1.82, 2.24) is 0 Å². The first kappa shape index (κ1) is 15.8. The number of carbonyl (C=O) groups is 1. The van der Waals surface area contributed by atoms with Gasteiger partial charge in [-0.1, -0.05) is 11.6 Å². The van der Waals surface area contributed by atoms with E-state index in [0.29, 0.717) is 11.3 Å². The van der Waals surface area contributed by atoms with Gasteiger partial charge in [0, 0.05) is 11.1 Å². The molecule has 1 aromatic carbocycles. The molecule has 2 N–H and O–H groups in total. The summed E-state index contributed by atoms with van der Waals surface area (Å²) >= 11 is 5.77. The normalized spacial score (nSPS) is 14.3. The van der Waals surface area contributed by atoms with Gasteiger partial charge in [0.05, 0.1) is 44.4 Å². The number of carboxylic acid groups (broad SMARTS) is 1. The lowest BCUT2D eigenvalue weighted by molar-refractivity contribution is -0.670. The number of nitrogens with two attached hydrogens (primary N) is 1. The Kier molecular flexibility index (Phi) is 6.62. The van der Waals surface area contributed by atoms with Crippen LogP contribution in [0.25, 0.3) is 0 Å². The molecule has 1 fully saturated rings. The van der Waals surface area contributed by atoms with Crippen LogP contribution in [0.4, 0.5) is 0 Å². The molecular weight excluding hydrogens is 270 g/mol. The predicted molar refractivity (Wildman–Crippen MR) is 69.5 cm³/mol. The Morgan fingerprint density at radius 2 is 2.05 bits per heavy atom. The summed E-state index contributed by atoms with van der Waals surface area (Å²) < 4.78 is 10.0. The summed E-state index contributed by atoms with van der Waals surface area (Å²) in [6.07, 6.45) is 0. The van der Waals surface area contributed by atoms with Crippen molar-refractivity contribution in [2.24, 2.45) is 0 Å². The van der Waals surface area contributed by atoms with E-state index in [4.69, 9.17) is 21.1 Å². The lowest BCUT2D eigenvalue weighted by Crippen LogP contribution is -2.87. The maximum Gasteiger partial charge on any atom is 0.123 e. The van der Waals surface area contributed by atoms with Crippen LogP contribution in [-0.2, 0) is 4.74 Å². The summed E-state index contributed by atoms with van der Waals surface area (Å²) in [6.45, 7) is 5.88. The average molecular weight is 288 g/mol. The Bertz CT molecular complexity index is 421. The van der Waals surface area contributed by atoms with E-state index in [9.17, 15) is 9.90 Å². The molecule has 106 valence electrons. The Morgan fingerprint density at radius 3 is 2.42 bits per heavy atom. The molecule has 6 heteroatoms. The van der Waals surface area contributed by atoms with Gasteiger partial charge in [0.1, 0.15) is 5.75 Å². The quantitative estimate of drug-likeness (QED) is 0.803. The lowest BCUT2D eigenvalue weighted by atomic mass is 10.1. The molecule has 0 amide bonds. The minimum absolute atomic E-state index is 0.0139. The number of hydrogen-bond donors (Lipinski definition) is 1. The third-order valence-corrected chi connectivity index (χ3v) is 3.20. The Labute approximate surface area is 117 Å². The summed E-state index contributed by atoms with van der Waals surface area (Å²) in [5.74, 6) is -0.717. The van der Waals surface area contributed by atoms with E-state index in [2.05, 4.69) is 5.32 Å². The van der Waals surface area contributed by atoms with Crippen molar-refractivity contribution in [3.8, 4) is 5.75 Å². The van der Waals surface area contributed by atoms with Crippen LogP contribution in [0.2, 0.25) is 5.02 Å². The molecule has 0 bridgehead atoms. The molecule has 2 rings (SSSR count). The van der Waals surface area contributed by atoms with Crippen LogP contribution in [0, 0.1) is 6.92 Å². The van der Waals surface area contributed by atoms with Crippen LogP contribution in [0.15, 0.2) is 12.1 Å². The molecule has 19 heavy (non-hydrogen) atoms. The van der Waals surface area contributed by atoms with Gasteiger partial charge in [-0.05, 0) is 19.1 Å². The van der Waals surface area contributed by atoms with E-state index in [0.717, 1.165) is 26.3 Å². The van der Waals surface area contributed by atoms with Gasteiger partial charge in [-0.15, -0.1) is 0 Å². The number of carbonyl (C=O) groups excluding carboxylic acids is 1. The van der Waals surface area contributed by atoms with Gasteiger partial charge in [-0.25, -0.2) is 0 Å². The highest BCUT2D eigenvalue weighted by atomic mass is 35.5. The minimum Gasteiger partial charge on any atom is -0.545 e. The van der Waals surface area contributed by atoms with Crippen molar-refractivity contribution >= 4 is 17.6 Å². The molecule has 5 nitrogen and oxygen atoms in total. The number of aromatic carboxylic acids is 1. The zero-order valence-corrected chi connectivity index (χ0v) is 11.8. The molecule has 1 aliphatic rings. The summed E-state index contributed by atoms with van der Waals surface area (Å²) in [6, 6.07) is 2.91. The average Bonchev–Trinajstić information content (AvgIpc) is 2.44. The van der Waals surface area contributed by atoms with Gasteiger partial charge in [0.15, 0.2) is 0 Å². The third-order valence-electron chi connectivity index (χ3n) is 2.71. The van der Waals surface area contributed by atoms with Crippen molar-refractivity contribution < 1.29 is 24.7 Å². The van der Waals surface area contributed by atoms with Crippen LogP contribution in [0.3, 0.4) is 0 Å². The highest BCUT2D eigenvalue weighted by Crippen LogP contribution is 2.28. The highest BCUT2D eigenvalue weighted by Gasteiger charge is 2.08. The summed E-state index contributed by atoms with van der Waals surface area (Å²) in [5.41, 5.74) is 0.589. The van der Waals surface area contributed by atoms with Crippen molar-refractivity contribution in [2.75, 3.05) is 33.4 Å². The van der Waals surface area contributed by atoms with Gasteiger partial charge >= 0.3 is 0 Å². The SMILES string of the molecule is C1COCC[NH2+]1.COc1ccc(C(=O)[O-])c(Cl)c1C. The molecule has 0 unspecified atom stereocenters. The molecule has 0 aliphatic carbocycles. The summed E-state index contributed by atoms with van der Waals surface area (Å²) in [7, 11) is 1.50. The van der Waals surface area contributed by atoms with Crippen molar-refractivity contribution in [2.45, 2.75) is 6.92 Å². The molecule has 1 saturated heterocycles. The van der Waals surface area contributed by atoms with Crippen LogP contribution in [0.1, 0.15) is 15.9 Å². The van der Waals surface area contributed by atoms with Crippen LogP contribution in [-0.4, -0.2) is 39.4 Å². The highest BCUT2D eigenvalue weighted by molar-refractivity contribution is 6.34. The standard InChI is InChI=1S/C9H9ClO3.C4H9NO/c1-5-7(13-2)4-3-6(8(5)10)9(11)12;1-3-6-4-2-5-1/h3-4H,1-2H3,(H,11,12);5H,1-4H2.